The fourth-order valence-electron chi connectivity index (χ4n) is 2.14. The van der Waals surface area contributed by atoms with E-state index in [-0.39, 0.29) is 24.7 Å². The molecule has 1 aromatic rings. The van der Waals surface area contributed by atoms with E-state index in [1.165, 1.54) is 0 Å². The molecule has 6 nitrogen and oxygen atoms in total. The second-order valence-electron chi connectivity index (χ2n) is 5.79. The van der Waals surface area contributed by atoms with Crippen LogP contribution in [0.1, 0.15) is 20.8 Å². The Hall–Kier alpha value is -1.79. The Kier molecular flexibility index (Phi) is 5.63. The normalized spacial score (nSPS) is 19.6. The van der Waals surface area contributed by atoms with Gasteiger partial charge in [-0.25, -0.2) is 0 Å². The van der Waals surface area contributed by atoms with Crippen LogP contribution >= 0.6 is 0 Å². The largest absolute Gasteiger partial charge is 0.486 e. The van der Waals surface area contributed by atoms with Gasteiger partial charge in [0.1, 0.15) is 12.7 Å². The molecule has 22 heavy (non-hydrogen) atoms. The molecule has 1 aromatic carbocycles. The number of benzene rings is 1. The summed E-state index contributed by atoms with van der Waals surface area (Å²) >= 11 is 0. The highest BCUT2D eigenvalue weighted by molar-refractivity contribution is 5.81. The number of aliphatic hydroxyl groups excluding tert-OH is 1. The van der Waals surface area contributed by atoms with Gasteiger partial charge in [-0.15, -0.1) is 0 Å². The van der Waals surface area contributed by atoms with Crippen molar-refractivity contribution in [2.75, 3.05) is 13.2 Å². The van der Waals surface area contributed by atoms with Gasteiger partial charge in [0.05, 0.1) is 6.04 Å². The molecular formula is C16H24N2O4. The van der Waals surface area contributed by atoms with Gasteiger partial charge in [-0.05, 0) is 19.1 Å². The van der Waals surface area contributed by atoms with E-state index in [9.17, 15) is 9.90 Å². The zero-order valence-corrected chi connectivity index (χ0v) is 13.2. The van der Waals surface area contributed by atoms with Crippen molar-refractivity contribution in [1.29, 1.82) is 0 Å². The number of hydrogen-bond acceptors (Lipinski definition) is 5. The van der Waals surface area contributed by atoms with E-state index in [1.807, 2.05) is 45.0 Å². The van der Waals surface area contributed by atoms with Crippen LogP contribution in [0.4, 0.5) is 0 Å². The molecular weight excluding hydrogens is 284 g/mol. The summed E-state index contributed by atoms with van der Waals surface area (Å²) in [7, 11) is 0. The summed E-state index contributed by atoms with van der Waals surface area (Å²) in [6.07, 6.45) is -1.37. The molecule has 0 bridgehead atoms. The summed E-state index contributed by atoms with van der Waals surface area (Å²) in [5.41, 5.74) is 0. The third kappa shape index (κ3) is 4.35. The lowest BCUT2D eigenvalue weighted by Crippen LogP contribution is -2.52. The molecule has 1 amide bonds. The monoisotopic (exact) mass is 308 g/mol. The average Bonchev–Trinajstić information content (AvgIpc) is 2.51. The van der Waals surface area contributed by atoms with Gasteiger partial charge < -0.3 is 25.2 Å². The lowest BCUT2D eigenvalue weighted by Gasteiger charge is -2.31. The molecule has 122 valence electrons. The predicted molar refractivity (Wildman–Crippen MR) is 83.1 cm³/mol. The number of amides is 1. The molecule has 3 N–H and O–H groups in total. The highest BCUT2D eigenvalue weighted by Gasteiger charge is 2.28. The Bertz CT molecular complexity index is 507. The molecule has 6 heteroatoms. The Morgan fingerprint density at radius 1 is 1.32 bits per heavy atom. The van der Waals surface area contributed by atoms with Gasteiger partial charge in [-0.3, -0.25) is 4.79 Å². The Morgan fingerprint density at radius 3 is 2.68 bits per heavy atom. The first-order valence-corrected chi connectivity index (χ1v) is 7.57. The minimum Gasteiger partial charge on any atom is -0.486 e. The molecule has 0 fully saturated rings. The average molecular weight is 308 g/mol. The number of para-hydroxylation sites is 2. The van der Waals surface area contributed by atoms with E-state index in [0.29, 0.717) is 18.1 Å². The third-order valence-corrected chi connectivity index (χ3v) is 3.48. The van der Waals surface area contributed by atoms with Crippen LogP contribution in [0.2, 0.25) is 0 Å². The number of nitrogens with one attached hydrogen (secondary N) is 2. The molecule has 0 saturated carbocycles. The Balaban J connectivity index is 1.85. The van der Waals surface area contributed by atoms with Crippen LogP contribution in [0.5, 0.6) is 11.5 Å². The number of aliphatic hydroxyl groups is 1. The number of hydrogen-bond donors (Lipinski definition) is 3. The third-order valence-electron chi connectivity index (χ3n) is 3.48. The van der Waals surface area contributed by atoms with Crippen molar-refractivity contribution < 1.29 is 19.4 Å². The lowest BCUT2D eigenvalue weighted by atomic mass is 10.1. The lowest BCUT2D eigenvalue weighted by molar-refractivity contribution is -0.130. The van der Waals surface area contributed by atoms with E-state index < -0.39 is 12.0 Å². The summed E-state index contributed by atoms with van der Waals surface area (Å²) in [5.74, 6) is 0.962. The maximum Gasteiger partial charge on any atom is 0.250 e. The molecule has 0 saturated heterocycles. The molecule has 1 aliphatic rings. The molecule has 0 aliphatic carbocycles. The first-order valence-electron chi connectivity index (χ1n) is 7.57. The van der Waals surface area contributed by atoms with Crippen molar-refractivity contribution in [2.45, 2.75) is 45.1 Å². The molecule has 1 heterocycles. The number of carbonyl (C=O) groups is 1. The van der Waals surface area contributed by atoms with Crippen LogP contribution < -0.4 is 20.1 Å². The van der Waals surface area contributed by atoms with Gasteiger partial charge >= 0.3 is 0 Å². The first-order chi connectivity index (χ1) is 10.5. The summed E-state index contributed by atoms with van der Waals surface area (Å²) in [4.78, 5) is 12.0. The Morgan fingerprint density at radius 2 is 2.00 bits per heavy atom. The maximum atomic E-state index is 12.0. The predicted octanol–water partition coefficient (Wildman–Crippen LogP) is 0.690. The van der Waals surface area contributed by atoms with Gasteiger partial charge in [0.25, 0.3) is 5.91 Å². The highest BCUT2D eigenvalue weighted by Crippen LogP contribution is 2.31. The zero-order chi connectivity index (χ0) is 16.1. The first kappa shape index (κ1) is 16.6. The number of ether oxygens (including phenoxy) is 2. The smallest absolute Gasteiger partial charge is 0.250 e. The van der Waals surface area contributed by atoms with Crippen molar-refractivity contribution in [3.8, 4) is 11.5 Å². The van der Waals surface area contributed by atoms with Crippen LogP contribution in [-0.4, -0.2) is 48.5 Å². The van der Waals surface area contributed by atoms with Gasteiger partial charge in [0.15, 0.2) is 17.6 Å². The summed E-state index contributed by atoms with van der Waals surface area (Å²) < 4.78 is 11.5. The zero-order valence-electron chi connectivity index (χ0n) is 13.2. The number of rotatable bonds is 6. The SMILES string of the molecule is CC(C)NC[C@H](O)C(=O)N[C@@H](C)[C@@H]1COc2ccccc2O1. The van der Waals surface area contributed by atoms with Crippen LogP contribution in [-0.2, 0) is 4.79 Å². The standard InChI is InChI=1S/C16H24N2O4/c1-10(2)17-8-12(19)16(20)18-11(3)15-9-21-13-6-4-5-7-14(13)22-15/h4-7,10-12,15,17,19H,8-9H2,1-3H3,(H,18,20)/t11-,12-,15-/m0/s1. The van der Waals surface area contributed by atoms with E-state index >= 15 is 0 Å². The number of fused-ring (bicyclic) bond motifs is 1. The quantitative estimate of drug-likeness (QED) is 0.720. The summed E-state index contributed by atoms with van der Waals surface area (Å²) in [6, 6.07) is 7.37. The van der Waals surface area contributed by atoms with Crippen molar-refractivity contribution in [3.63, 3.8) is 0 Å². The second-order valence-corrected chi connectivity index (χ2v) is 5.79. The van der Waals surface area contributed by atoms with Crippen LogP contribution in [0.15, 0.2) is 24.3 Å². The van der Waals surface area contributed by atoms with E-state index in [2.05, 4.69) is 10.6 Å². The molecule has 2 rings (SSSR count). The van der Waals surface area contributed by atoms with Crippen LogP contribution in [0.25, 0.3) is 0 Å². The minimum atomic E-state index is -1.08. The Labute approximate surface area is 130 Å². The molecule has 1 aliphatic heterocycles. The minimum absolute atomic E-state index is 0.214. The molecule has 0 unspecified atom stereocenters. The van der Waals surface area contributed by atoms with E-state index in [0.717, 1.165) is 0 Å². The number of carbonyl (C=O) groups excluding carboxylic acids is 1. The molecule has 0 spiro atoms. The fourth-order valence-corrected chi connectivity index (χ4v) is 2.14. The van der Waals surface area contributed by atoms with Crippen molar-refractivity contribution in [3.05, 3.63) is 24.3 Å². The van der Waals surface area contributed by atoms with E-state index in [1.54, 1.807) is 0 Å². The van der Waals surface area contributed by atoms with Gasteiger partial charge in [-0.2, -0.15) is 0 Å². The van der Waals surface area contributed by atoms with Crippen molar-refractivity contribution >= 4 is 5.91 Å². The summed E-state index contributed by atoms with van der Waals surface area (Å²) in [6.45, 7) is 6.33. The topological polar surface area (TPSA) is 79.8 Å². The van der Waals surface area contributed by atoms with Gasteiger partial charge in [0, 0.05) is 12.6 Å². The fraction of sp³-hybridized carbons (Fsp3) is 0.562. The van der Waals surface area contributed by atoms with E-state index in [4.69, 9.17) is 9.47 Å². The van der Waals surface area contributed by atoms with Crippen molar-refractivity contribution in [2.24, 2.45) is 0 Å². The van der Waals surface area contributed by atoms with Crippen LogP contribution in [0, 0.1) is 0 Å². The maximum absolute atomic E-state index is 12.0. The van der Waals surface area contributed by atoms with Crippen molar-refractivity contribution in [1.82, 2.24) is 10.6 Å². The van der Waals surface area contributed by atoms with Gasteiger partial charge in [0.2, 0.25) is 0 Å². The molecule has 3 atom stereocenters. The van der Waals surface area contributed by atoms with Crippen LogP contribution in [0.3, 0.4) is 0 Å². The molecule has 0 aromatic heterocycles. The van der Waals surface area contributed by atoms with Gasteiger partial charge in [-0.1, -0.05) is 26.0 Å². The molecule has 0 radical (unpaired) electrons. The highest BCUT2D eigenvalue weighted by atomic mass is 16.6. The second kappa shape index (κ2) is 7.47. The summed E-state index contributed by atoms with van der Waals surface area (Å²) in [5, 5.41) is 15.6.